The highest BCUT2D eigenvalue weighted by atomic mass is 16.4. The van der Waals surface area contributed by atoms with Gasteiger partial charge in [0.1, 0.15) is 6.21 Å². The van der Waals surface area contributed by atoms with Gasteiger partial charge in [0, 0.05) is 12.6 Å². The topological polar surface area (TPSA) is 64.9 Å². The third kappa shape index (κ3) is 4.78. The van der Waals surface area contributed by atoms with Crippen molar-refractivity contribution in [2.75, 3.05) is 19.6 Å². The Balaban J connectivity index is 2.22. The fourth-order valence-corrected chi connectivity index (χ4v) is 1.91. The number of carbonyl (C=O) groups excluding carboxylic acids is 1. The number of oxime groups is 1. The third-order valence-electron chi connectivity index (χ3n) is 2.54. The highest BCUT2D eigenvalue weighted by Crippen LogP contribution is 2.08. The Hall–Kier alpha value is -1.10. The number of carbonyl (C=O) groups is 1. The van der Waals surface area contributed by atoms with Gasteiger partial charge in [-0.3, -0.25) is 4.79 Å². The average molecular weight is 213 g/mol. The molecule has 5 heteroatoms. The molecule has 86 valence electrons. The molecule has 0 unspecified atom stereocenters. The van der Waals surface area contributed by atoms with Gasteiger partial charge < -0.3 is 15.4 Å². The largest absolute Gasteiger partial charge is 0.411 e. The van der Waals surface area contributed by atoms with Crippen molar-refractivity contribution < 1.29 is 10.0 Å². The minimum Gasteiger partial charge on any atom is -0.411 e. The molecule has 0 bridgehead atoms. The summed E-state index contributed by atoms with van der Waals surface area (Å²) in [7, 11) is 0. The Labute approximate surface area is 90.1 Å². The van der Waals surface area contributed by atoms with Crippen LogP contribution in [0.2, 0.25) is 0 Å². The maximum atomic E-state index is 11.1. The number of rotatable bonds is 4. The van der Waals surface area contributed by atoms with Crippen LogP contribution in [0.3, 0.4) is 0 Å². The van der Waals surface area contributed by atoms with Gasteiger partial charge in [-0.2, -0.15) is 0 Å². The Morgan fingerprint density at radius 1 is 1.53 bits per heavy atom. The number of nitrogens with one attached hydrogen (secondary N) is 1. The smallest absolute Gasteiger partial charge is 0.266 e. The van der Waals surface area contributed by atoms with Crippen molar-refractivity contribution in [3.63, 3.8) is 0 Å². The van der Waals surface area contributed by atoms with Crippen molar-refractivity contribution in [1.29, 1.82) is 0 Å². The number of piperidine rings is 1. The quantitative estimate of drug-likeness (QED) is 0.404. The Bertz CT molecular complexity index is 225. The standard InChI is InChI=1S/C10H19N3O2/c1-9(12-10(14)7-11-15)8-13-5-3-2-4-6-13/h7,9,15H,2-6,8H2,1H3,(H,12,14)/b11-7+/t9-/m0/s1. The lowest BCUT2D eigenvalue weighted by Crippen LogP contribution is -2.44. The molecule has 1 amide bonds. The summed E-state index contributed by atoms with van der Waals surface area (Å²) in [5.41, 5.74) is 0. The first-order valence-corrected chi connectivity index (χ1v) is 5.42. The summed E-state index contributed by atoms with van der Waals surface area (Å²) in [6.45, 7) is 5.06. The lowest BCUT2D eigenvalue weighted by atomic mass is 10.1. The first-order valence-electron chi connectivity index (χ1n) is 5.42. The van der Waals surface area contributed by atoms with Crippen LogP contribution in [0, 0.1) is 0 Å². The van der Waals surface area contributed by atoms with Crippen molar-refractivity contribution in [3.05, 3.63) is 0 Å². The zero-order valence-corrected chi connectivity index (χ0v) is 9.15. The Morgan fingerprint density at radius 2 is 2.20 bits per heavy atom. The van der Waals surface area contributed by atoms with Crippen LogP contribution < -0.4 is 5.32 Å². The molecule has 0 spiro atoms. The maximum Gasteiger partial charge on any atom is 0.266 e. The van der Waals surface area contributed by atoms with Crippen molar-refractivity contribution in [2.24, 2.45) is 5.16 Å². The molecule has 1 atom stereocenters. The van der Waals surface area contributed by atoms with E-state index in [-0.39, 0.29) is 11.9 Å². The zero-order chi connectivity index (χ0) is 11.1. The van der Waals surface area contributed by atoms with Crippen LogP contribution in [-0.2, 0) is 4.79 Å². The molecular weight excluding hydrogens is 194 g/mol. The summed E-state index contributed by atoms with van der Waals surface area (Å²) in [6, 6.07) is 0.0913. The van der Waals surface area contributed by atoms with Gasteiger partial charge in [-0.25, -0.2) is 0 Å². The fourth-order valence-electron chi connectivity index (χ4n) is 1.91. The van der Waals surface area contributed by atoms with Crippen molar-refractivity contribution >= 4 is 12.1 Å². The summed E-state index contributed by atoms with van der Waals surface area (Å²) >= 11 is 0. The van der Waals surface area contributed by atoms with Crippen LogP contribution >= 0.6 is 0 Å². The van der Waals surface area contributed by atoms with Crippen LogP contribution in [0.5, 0.6) is 0 Å². The second kappa shape index (κ2) is 6.40. The number of likely N-dealkylation sites (tertiary alicyclic amines) is 1. The second-order valence-corrected chi connectivity index (χ2v) is 4.02. The minimum absolute atomic E-state index is 0.0913. The monoisotopic (exact) mass is 213 g/mol. The molecule has 1 aliphatic heterocycles. The van der Waals surface area contributed by atoms with E-state index in [1.54, 1.807) is 0 Å². The van der Waals surface area contributed by atoms with Gasteiger partial charge in [0.2, 0.25) is 0 Å². The molecule has 0 aromatic carbocycles. The maximum absolute atomic E-state index is 11.1. The van der Waals surface area contributed by atoms with E-state index in [1.807, 2.05) is 6.92 Å². The molecule has 1 rings (SSSR count). The summed E-state index contributed by atoms with van der Waals surface area (Å²) < 4.78 is 0. The predicted octanol–water partition coefficient (Wildman–Crippen LogP) is 0.437. The van der Waals surface area contributed by atoms with E-state index in [4.69, 9.17) is 5.21 Å². The predicted molar refractivity (Wildman–Crippen MR) is 58.2 cm³/mol. The van der Waals surface area contributed by atoms with Crippen LogP contribution in [-0.4, -0.2) is 47.9 Å². The van der Waals surface area contributed by atoms with Crippen molar-refractivity contribution in [2.45, 2.75) is 32.2 Å². The van der Waals surface area contributed by atoms with E-state index in [1.165, 1.54) is 19.3 Å². The summed E-state index contributed by atoms with van der Waals surface area (Å²) in [5, 5.41) is 13.6. The molecule has 1 fully saturated rings. The number of hydrogen-bond acceptors (Lipinski definition) is 4. The first kappa shape index (κ1) is 12.0. The molecule has 0 radical (unpaired) electrons. The SMILES string of the molecule is C[C@@H](CN1CCCCC1)NC(=O)/C=N/O. The second-order valence-electron chi connectivity index (χ2n) is 4.02. The van der Waals surface area contributed by atoms with Gasteiger partial charge in [-0.1, -0.05) is 11.6 Å². The molecule has 0 aromatic rings. The van der Waals surface area contributed by atoms with E-state index in [0.29, 0.717) is 0 Å². The van der Waals surface area contributed by atoms with E-state index >= 15 is 0 Å². The Kier molecular flexibility index (Phi) is 5.10. The van der Waals surface area contributed by atoms with E-state index in [2.05, 4.69) is 15.4 Å². The highest BCUT2D eigenvalue weighted by Gasteiger charge is 2.14. The van der Waals surface area contributed by atoms with Crippen LogP contribution in [0.25, 0.3) is 0 Å². The van der Waals surface area contributed by atoms with Gasteiger partial charge in [0.15, 0.2) is 0 Å². The van der Waals surface area contributed by atoms with Crippen molar-refractivity contribution in [1.82, 2.24) is 10.2 Å². The third-order valence-corrected chi connectivity index (χ3v) is 2.54. The number of hydrogen-bond donors (Lipinski definition) is 2. The summed E-state index contributed by atoms with van der Waals surface area (Å²) in [5.74, 6) is -0.345. The van der Waals surface area contributed by atoms with E-state index in [0.717, 1.165) is 25.8 Å². The molecule has 2 N–H and O–H groups in total. The van der Waals surface area contributed by atoms with Gasteiger partial charge in [-0.05, 0) is 32.9 Å². The molecule has 0 aliphatic carbocycles. The minimum atomic E-state index is -0.345. The van der Waals surface area contributed by atoms with Gasteiger partial charge in [-0.15, -0.1) is 0 Å². The number of amides is 1. The van der Waals surface area contributed by atoms with Crippen LogP contribution in [0.15, 0.2) is 5.16 Å². The Morgan fingerprint density at radius 3 is 2.80 bits per heavy atom. The van der Waals surface area contributed by atoms with Crippen LogP contribution in [0.1, 0.15) is 26.2 Å². The van der Waals surface area contributed by atoms with Crippen LogP contribution in [0.4, 0.5) is 0 Å². The van der Waals surface area contributed by atoms with Gasteiger partial charge in [0.25, 0.3) is 5.91 Å². The van der Waals surface area contributed by atoms with Gasteiger partial charge >= 0.3 is 0 Å². The lowest BCUT2D eigenvalue weighted by molar-refractivity contribution is -0.115. The summed E-state index contributed by atoms with van der Waals surface area (Å²) in [6.07, 6.45) is 4.69. The molecule has 0 saturated carbocycles. The zero-order valence-electron chi connectivity index (χ0n) is 9.15. The van der Waals surface area contributed by atoms with E-state index in [9.17, 15) is 4.79 Å². The normalized spacial score (nSPS) is 20.3. The molecule has 1 aliphatic rings. The lowest BCUT2D eigenvalue weighted by Gasteiger charge is -2.29. The average Bonchev–Trinajstić information content (AvgIpc) is 2.19. The van der Waals surface area contributed by atoms with Crippen molar-refractivity contribution in [3.8, 4) is 0 Å². The molecular formula is C10H19N3O2. The number of nitrogens with zero attached hydrogens (tertiary/aromatic N) is 2. The molecule has 1 heterocycles. The fraction of sp³-hybridized carbons (Fsp3) is 0.800. The summed E-state index contributed by atoms with van der Waals surface area (Å²) in [4.78, 5) is 13.4. The molecule has 1 saturated heterocycles. The molecule has 15 heavy (non-hydrogen) atoms. The molecule has 5 nitrogen and oxygen atoms in total. The van der Waals surface area contributed by atoms with Gasteiger partial charge in [0.05, 0.1) is 0 Å². The molecule has 0 aromatic heterocycles. The highest BCUT2D eigenvalue weighted by molar-refractivity contribution is 6.26. The first-order chi connectivity index (χ1) is 7.22. The van der Waals surface area contributed by atoms with E-state index < -0.39 is 0 Å².